The maximum Gasteiger partial charge on any atom is 2.00 e. The number of allylic oxidation sites excluding steroid dienone is 4. The topological polar surface area (TPSA) is 123 Å². The van der Waals surface area contributed by atoms with E-state index in [4.69, 9.17) is 32.9 Å². The first kappa shape index (κ1) is 49.9. The summed E-state index contributed by atoms with van der Waals surface area (Å²) in [5.41, 5.74) is 4.14. The normalized spacial score (nSPS) is 20.2. The van der Waals surface area contributed by atoms with Crippen LogP contribution < -0.4 is 10.2 Å². The van der Waals surface area contributed by atoms with Crippen LogP contribution in [0.4, 0.5) is 0 Å². The Bertz CT molecular complexity index is 1160. The van der Waals surface area contributed by atoms with E-state index in [0.717, 1.165) is 24.3 Å². The minimum atomic E-state index is -0.0918. The quantitative estimate of drug-likeness (QED) is 0.0523. The summed E-state index contributed by atoms with van der Waals surface area (Å²) in [6.07, 6.45) is 7.81. The third-order valence-corrected chi connectivity index (χ3v) is 10.4. The van der Waals surface area contributed by atoms with Crippen LogP contribution in [0, 0.1) is 23.7 Å². The molecule has 2 aliphatic rings. The van der Waals surface area contributed by atoms with Gasteiger partial charge in [0.15, 0.2) is 11.6 Å². The first-order chi connectivity index (χ1) is 23.8. The Labute approximate surface area is 341 Å². The molecule has 0 radical (unpaired) electrons. The number of halogens is 2. The molecule has 0 aliphatic heterocycles. The summed E-state index contributed by atoms with van der Waals surface area (Å²) in [5.74, 6) is 2.55. The van der Waals surface area contributed by atoms with Gasteiger partial charge in [0.2, 0.25) is 0 Å². The van der Waals surface area contributed by atoms with Crippen LogP contribution in [0.5, 0.6) is 0 Å². The van der Waals surface area contributed by atoms with E-state index in [2.05, 4.69) is 38.0 Å². The minimum absolute atomic E-state index is 0. The second-order valence-corrected chi connectivity index (χ2v) is 17.5. The Hall–Kier alpha value is -1.11. The summed E-state index contributed by atoms with van der Waals surface area (Å²) in [6.45, 7) is 17.1. The Morgan fingerprint density at radius 2 is 1.08 bits per heavy atom. The first-order valence-electron chi connectivity index (χ1n) is 17.8. The fourth-order valence-corrected chi connectivity index (χ4v) is 8.17. The van der Waals surface area contributed by atoms with Crippen molar-refractivity contribution in [2.45, 2.75) is 117 Å². The smallest absolute Gasteiger partial charge is 0.875 e. The Kier molecular flexibility index (Phi) is 27.7. The summed E-state index contributed by atoms with van der Waals surface area (Å²) in [6, 6.07) is 0. The standard InChI is InChI=1S/2C19H30ClNO3S.Mg/c2*1-5-25-14(4)10-15-11-17(22)19(18(23)12-15)16(9-13(2)3)21-24-8-6-7-20;/h2*6-7,13-15,22H,5,8-12H2,1-4H3;/q;;+2/p-2/b2*7-6+,21-16?;. The second-order valence-electron chi connectivity index (χ2n) is 13.6. The fourth-order valence-electron chi connectivity index (χ4n) is 6.07. The number of hydrogen-bond donors (Lipinski definition) is 0. The van der Waals surface area contributed by atoms with E-state index in [1.165, 1.54) is 11.1 Å². The van der Waals surface area contributed by atoms with Crippen molar-refractivity contribution in [3.05, 3.63) is 45.9 Å². The number of ketones is 2. The van der Waals surface area contributed by atoms with Crippen LogP contribution in [0.15, 0.2) is 56.2 Å². The molecule has 0 saturated carbocycles. The molecule has 0 aromatic rings. The molecule has 0 aromatic heterocycles. The number of nitrogens with zero attached hydrogens (tertiary/aromatic N) is 2. The van der Waals surface area contributed by atoms with Gasteiger partial charge >= 0.3 is 23.1 Å². The molecule has 0 heterocycles. The van der Waals surface area contributed by atoms with Crippen molar-refractivity contribution in [1.82, 2.24) is 0 Å². The molecule has 13 heteroatoms. The van der Waals surface area contributed by atoms with Crippen molar-refractivity contribution in [3.63, 3.8) is 0 Å². The maximum atomic E-state index is 12.6. The summed E-state index contributed by atoms with van der Waals surface area (Å²) < 4.78 is 0. The number of oxime groups is 2. The zero-order valence-electron chi connectivity index (χ0n) is 31.9. The predicted molar refractivity (Wildman–Crippen MR) is 215 cm³/mol. The van der Waals surface area contributed by atoms with Gasteiger partial charge in [-0.3, -0.25) is 9.59 Å². The fraction of sp³-hybridized carbons (Fsp3) is 0.684. The van der Waals surface area contributed by atoms with E-state index in [0.29, 0.717) is 60.4 Å². The molecule has 4 atom stereocenters. The summed E-state index contributed by atoms with van der Waals surface area (Å²) in [5, 5.41) is 34.3. The molecule has 2 aliphatic carbocycles. The first-order valence-corrected chi connectivity index (χ1v) is 20.7. The Morgan fingerprint density at radius 1 is 0.725 bits per heavy atom. The van der Waals surface area contributed by atoms with Crippen molar-refractivity contribution >= 4 is 92.8 Å². The van der Waals surface area contributed by atoms with Crippen LogP contribution in [0.2, 0.25) is 0 Å². The number of hydrogen-bond acceptors (Lipinski definition) is 10. The molecule has 8 nitrogen and oxygen atoms in total. The molecule has 0 bridgehead atoms. The van der Waals surface area contributed by atoms with E-state index in [1.54, 1.807) is 12.2 Å². The molecule has 2 rings (SSSR count). The maximum absolute atomic E-state index is 12.6. The van der Waals surface area contributed by atoms with Gasteiger partial charge in [0, 0.05) is 45.6 Å². The molecule has 0 amide bonds. The van der Waals surface area contributed by atoms with Gasteiger partial charge in [-0.05, 0) is 85.9 Å². The monoisotopic (exact) mass is 796 g/mol. The van der Waals surface area contributed by atoms with E-state index < -0.39 is 0 Å². The molecule has 284 valence electrons. The van der Waals surface area contributed by atoms with Gasteiger partial charge in [-0.15, -0.1) is 11.5 Å². The van der Waals surface area contributed by atoms with Crippen LogP contribution >= 0.6 is 46.7 Å². The van der Waals surface area contributed by atoms with E-state index in [1.807, 2.05) is 51.2 Å². The van der Waals surface area contributed by atoms with Crippen molar-refractivity contribution in [2.75, 3.05) is 24.7 Å². The SMILES string of the molecule is CCSC(C)CC1CC(=O)C(C(CC(C)C)=NOC/C=C/Cl)=C([O-])C1.CCSC(C)CC1CC(=O)C(C(CC(C)C)=NOC/C=C/Cl)=C([O-])C1.[Mg+2]. The van der Waals surface area contributed by atoms with Crippen LogP contribution in [-0.4, -0.2) is 81.3 Å². The molecular weight excluding hydrogens is 740 g/mol. The van der Waals surface area contributed by atoms with Crippen LogP contribution in [0.25, 0.3) is 0 Å². The Balaban J connectivity index is 0.000000962. The third kappa shape index (κ3) is 20.2. The molecule has 51 heavy (non-hydrogen) atoms. The van der Waals surface area contributed by atoms with Gasteiger partial charge in [0.05, 0.1) is 11.4 Å². The molecule has 0 fully saturated rings. The average molecular weight is 798 g/mol. The molecule has 0 spiro atoms. The van der Waals surface area contributed by atoms with Crippen molar-refractivity contribution in [1.29, 1.82) is 0 Å². The zero-order chi connectivity index (χ0) is 37.6. The van der Waals surface area contributed by atoms with Gasteiger partial charge in [0.1, 0.15) is 13.2 Å². The molecule has 0 N–H and O–H groups in total. The van der Waals surface area contributed by atoms with Gasteiger partial charge < -0.3 is 19.9 Å². The van der Waals surface area contributed by atoms with Gasteiger partial charge in [-0.25, -0.2) is 0 Å². The van der Waals surface area contributed by atoms with Gasteiger partial charge in [0.25, 0.3) is 0 Å². The number of thioether (sulfide) groups is 2. The molecule has 0 aromatic carbocycles. The summed E-state index contributed by atoms with van der Waals surface area (Å²) >= 11 is 14.6. The predicted octanol–water partition coefficient (Wildman–Crippen LogP) is 8.18. The number of rotatable bonds is 20. The van der Waals surface area contributed by atoms with E-state index in [-0.39, 0.29) is 94.2 Å². The largest absolute Gasteiger partial charge is 2.00 e. The van der Waals surface area contributed by atoms with E-state index >= 15 is 0 Å². The average Bonchev–Trinajstić information content (AvgIpc) is 3.00. The van der Waals surface area contributed by atoms with Crippen molar-refractivity contribution < 1.29 is 29.5 Å². The molecular formula is C38H58Cl2MgN2O6S2. The third-order valence-electron chi connectivity index (χ3n) is 7.89. The van der Waals surface area contributed by atoms with E-state index in [9.17, 15) is 19.8 Å². The van der Waals surface area contributed by atoms with Crippen LogP contribution in [-0.2, 0) is 19.3 Å². The zero-order valence-corrected chi connectivity index (χ0v) is 36.4. The molecule has 0 saturated heterocycles. The number of carbonyl (C=O) groups is 2. The minimum Gasteiger partial charge on any atom is -0.875 e. The molecule has 4 unspecified atom stereocenters. The second kappa shape index (κ2) is 28.3. The Morgan fingerprint density at radius 3 is 1.35 bits per heavy atom. The van der Waals surface area contributed by atoms with Crippen LogP contribution in [0.3, 0.4) is 0 Å². The summed E-state index contributed by atoms with van der Waals surface area (Å²) in [4.78, 5) is 35.7. The van der Waals surface area contributed by atoms with Gasteiger partial charge in [-0.1, -0.05) is 88.9 Å². The summed E-state index contributed by atoms with van der Waals surface area (Å²) in [7, 11) is 0. The number of Topliss-reactive ketones (excluding diaryl/α,β-unsaturated/α-hetero) is 2. The van der Waals surface area contributed by atoms with Crippen molar-refractivity contribution in [2.24, 2.45) is 34.0 Å². The van der Waals surface area contributed by atoms with Gasteiger partial charge in [-0.2, -0.15) is 23.5 Å². The van der Waals surface area contributed by atoms with Crippen molar-refractivity contribution in [3.8, 4) is 0 Å². The van der Waals surface area contributed by atoms with Crippen LogP contribution in [0.1, 0.15) is 107 Å². The number of carbonyl (C=O) groups excluding carboxylic acids is 2.